The summed E-state index contributed by atoms with van der Waals surface area (Å²) in [7, 11) is 0. The molecule has 0 aliphatic heterocycles. The van der Waals surface area contributed by atoms with Crippen molar-refractivity contribution in [3.05, 3.63) is 58.1 Å². The lowest BCUT2D eigenvalue weighted by molar-refractivity contribution is 0.591. The van der Waals surface area contributed by atoms with Crippen LogP contribution in [0.25, 0.3) is 21.8 Å². The predicted octanol–water partition coefficient (Wildman–Crippen LogP) is 5.93. The first-order chi connectivity index (χ1) is 10.5. The summed E-state index contributed by atoms with van der Waals surface area (Å²) in [4.78, 5) is 9.13. The highest BCUT2D eigenvalue weighted by Crippen LogP contribution is 2.36. The Morgan fingerprint density at radius 3 is 2.55 bits per heavy atom. The molecule has 112 valence electrons. The lowest BCUT2D eigenvalue weighted by atomic mass is 9.85. The van der Waals surface area contributed by atoms with E-state index in [0.29, 0.717) is 0 Å². The van der Waals surface area contributed by atoms with Crippen LogP contribution in [0.15, 0.2) is 52.6 Å². The van der Waals surface area contributed by atoms with Crippen molar-refractivity contribution in [2.75, 3.05) is 0 Å². The molecular formula is C18H17BrN2S. The van der Waals surface area contributed by atoms with Gasteiger partial charge < -0.3 is 0 Å². The van der Waals surface area contributed by atoms with Crippen LogP contribution in [0.1, 0.15) is 26.3 Å². The van der Waals surface area contributed by atoms with Crippen LogP contribution >= 0.6 is 27.3 Å². The van der Waals surface area contributed by atoms with Gasteiger partial charge in [0.05, 0.1) is 5.69 Å². The van der Waals surface area contributed by atoms with Gasteiger partial charge in [0.15, 0.2) is 0 Å². The molecule has 3 aromatic rings. The molecule has 0 N–H and O–H groups in total. The molecule has 0 atom stereocenters. The molecule has 2 heterocycles. The summed E-state index contributed by atoms with van der Waals surface area (Å²) < 4.78 is 1.06. The molecule has 2 nitrogen and oxygen atoms in total. The number of thiazole rings is 1. The first-order valence-corrected chi connectivity index (χ1v) is 8.79. The lowest BCUT2D eigenvalue weighted by Crippen LogP contribution is -2.12. The second kappa shape index (κ2) is 5.94. The van der Waals surface area contributed by atoms with Crippen molar-refractivity contribution in [3.8, 4) is 21.8 Å². The highest BCUT2D eigenvalue weighted by Gasteiger charge is 2.20. The fourth-order valence-corrected chi connectivity index (χ4v) is 3.74. The van der Waals surface area contributed by atoms with Gasteiger partial charge >= 0.3 is 0 Å². The topological polar surface area (TPSA) is 25.8 Å². The quantitative estimate of drug-likeness (QED) is 0.556. The Balaban J connectivity index is 2.08. The highest BCUT2D eigenvalue weighted by atomic mass is 79.9. The molecule has 0 aliphatic carbocycles. The second-order valence-electron chi connectivity index (χ2n) is 6.19. The molecule has 0 amide bonds. The standard InChI is InChI=1S/C18H17BrN2S/c1-18(2,3)14-8-9-20-10-13(14)17-21-16(11-22-17)12-6-4-5-7-15(12)19/h4-11H,1-3H3. The third-order valence-corrected chi connectivity index (χ3v) is 5.08. The molecule has 22 heavy (non-hydrogen) atoms. The lowest BCUT2D eigenvalue weighted by Gasteiger charge is -2.21. The Kier molecular flexibility index (Phi) is 4.15. The molecule has 0 saturated carbocycles. The van der Waals surface area contributed by atoms with Crippen molar-refractivity contribution in [2.45, 2.75) is 26.2 Å². The predicted molar refractivity (Wildman–Crippen MR) is 97.2 cm³/mol. The largest absolute Gasteiger partial charge is 0.264 e. The fraction of sp³-hybridized carbons (Fsp3) is 0.222. The van der Waals surface area contributed by atoms with E-state index in [-0.39, 0.29) is 5.41 Å². The monoisotopic (exact) mass is 372 g/mol. The number of pyridine rings is 1. The number of benzene rings is 1. The normalized spacial score (nSPS) is 11.6. The van der Waals surface area contributed by atoms with E-state index in [4.69, 9.17) is 4.98 Å². The van der Waals surface area contributed by atoms with Gasteiger partial charge in [-0.15, -0.1) is 11.3 Å². The number of aromatic nitrogens is 2. The first kappa shape index (κ1) is 15.4. The zero-order valence-corrected chi connectivity index (χ0v) is 15.2. The molecule has 3 rings (SSSR count). The van der Waals surface area contributed by atoms with Gasteiger partial charge in [-0.3, -0.25) is 4.98 Å². The Hall–Kier alpha value is -1.52. The van der Waals surface area contributed by atoms with E-state index in [9.17, 15) is 0 Å². The maximum atomic E-state index is 4.83. The van der Waals surface area contributed by atoms with E-state index in [1.54, 1.807) is 11.3 Å². The molecule has 0 aliphatic rings. The molecule has 4 heteroatoms. The van der Waals surface area contributed by atoms with Gasteiger partial charge in [0.1, 0.15) is 5.01 Å². The van der Waals surface area contributed by atoms with Gasteiger partial charge in [-0.25, -0.2) is 4.98 Å². The van der Waals surface area contributed by atoms with Gasteiger partial charge in [-0.2, -0.15) is 0 Å². The third kappa shape index (κ3) is 2.99. The van der Waals surface area contributed by atoms with Crippen LogP contribution in [-0.2, 0) is 5.41 Å². The third-order valence-electron chi connectivity index (χ3n) is 3.51. The second-order valence-corrected chi connectivity index (χ2v) is 7.90. The number of hydrogen-bond acceptors (Lipinski definition) is 3. The summed E-state index contributed by atoms with van der Waals surface area (Å²) in [5, 5.41) is 3.12. The molecular weight excluding hydrogens is 356 g/mol. The van der Waals surface area contributed by atoms with Crippen LogP contribution < -0.4 is 0 Å². The van der Waals surface area contributed by atoms with E-state index in [2.05, 4.69) is 59.2 Å². The van der Waals surface area contributed by atoms with Crippen molar-refractivity contribution in [1.29, 1.82) is 0 Å². The van der Waals surface area contributed by atoms with E-state index in [1.165, 1.54) is 5.56 Å². The molecule has 0 spiro atoms. The molecule has 1 aromatic carbocycles. The highest BCUT2D eigenvalue weighted by molar-refractivity contribution is 9.10. The Labute approximate surface area is 143 Å². The van der Waals surface area contributed by atoms with Crippen molar-refractivity contribution >= 4 is 27.3 Å². The minimum Gasteiger partial charge on any atom is -0.264 e. The average Bonchev–Trinajstić information content (AvgIpc) is 2.96. The summed E-state index contributed by atoms with van der Waals surface area (Å²) in [5.41, 5.74) is 4.58. The van der Waals surface area contributed by atoms with Crippen molar-refractivity contribution in [3.63, 3.8) is 0 Å². The molecule has 0 unspecified atom stereocenters. The SMILES string of the molecule is CC(C)(C)c1ccncc1-c1nc(-c2ccccc2Br)cs1. The summed E-state index contributed by atoms with van der Waals surface area (Å²) in [5.74, 6) is 0. The van der Waals surface area contributed by atoms with Crippen molar-refractivity contribution < 1.29 is 0 Å². The van der Waals surface area contributed by atoms with Gasteiger partial charge in [0.2, 0.25) is 0 Å². The van der Waals surface area contributed by atoms with Crippen LogP contribution in [-0.4, -0.2) is 9.97 Å². The van der Waals surface area contributed by atoms with Gasteiger partial charge in [-0.1, -0.05) is 54.9 Å². The number of rotatable bonds is 2. The van der Waals surface area contributed by atoms with Crippen LogP contribution in [0.4, 0.5) is 0 Å². The fourth-order valence-electron chi connectivity index (χ4n) is 2.41. The molecule has 0 saturated heterocycles. The van der Waals surface area contributed by atoms with E-state index in [1.807, 2.05) is 30.6 Å². The Bertz CT molecular complexity index is 803. The zero-order chi connectivity index (χ0) is 15.7. The van der Waals surface area contributed by atoms with Crippen LogP contribution in [0.2, 0.25) is 0 Å². The number of nitrogens with zero attached hydrogens (tertiary/aromatic N) is 2. The average molecular weight is 373 g/mol. The summed E-state index contributed by atoms with van der Waals surface area (Å²) in [6.07, 6.45) is 3.77. The molecule has 0 radical (unpaired) electrons. The summed E-state index contributed by atoms with van der Waals surface area (Å²) >= 11 is 5.26. The Morgan fingerprint density at radius 2 is 1.82 bits per heavy atom. The minimum atomic E-state index is 0.0669. The molecule has 0 bridgehead atoms. The van der Waals surface area contributed by atoms with Crippen LogP contribution in [0.3, 0.4) is 0 Å². The maximum absolute atomic E-state index is 4.83. The molecule has 2 aromatic heterocycles. The van der Waals surface area contributed by atoms with E-state index < -0.39 is 0 Å². The number of hydrogen-bond donors (Lipinski definition) is 0. The summed E-state index contributed by atoms with van der Waals surface area (Å²) in [6.45, 7) is 6.65. The molecule has 0 fully saturated rings. The Morgan fingerprint density at radius 1 is 1.05 bits per heavy atom. The van der Waals surface area contributed by atoms with Crippen molar-refractivity contribution in [1.82, 2.24) is 9.97 Å². The summed E-state index contributed by atoms with van der Waals surface area (Å²) in [6, 6.07) is 10.3. The van der Waals surface area contributed by atoms with Crippen LogP contribution in [0.5, 0.6) is 0 Å². The maximum Gasteiger partial charge on any atom is 0.125 e. The van der Waals surface area contributed by atoms with Crippen LogP contribution in [0, 0.1) is 0 Å². The minimum absolute atomic E-state index is 0.0669. The van der Waals surface area contributed by atoms with Crippen molar-refractivity contribution in [2.24, 2.45) is 0 Å². The van der Waals surface area contributed by atoms with E-state index >= 15 is 0 Å². The van der Waals surface area contributed by atoms with Gasteiger partial charge in [0, 0.05) is 33.4 Å². The first-order valence-electron chi connectivity index (χ1n) is 7.12. The van der Waals surface area contributed by atoms with E-state index in [0.717, 1.165) is 26.3 Å². The van der Waals surface area contributed by atoms with Gasteiger partial charge in [0.25, 0.3) is 0 Å². The smallest absolute Gasteiger partial charge is 0.125 e. The van der Waals surface area contributed by atoms with Gasteiger partial charge in [-0.05, 0) is 23.1 Å². The zero-order valence-electron chi connectivity index (χ0n) is 12.8. The number of halogens is 1.